The van der Waals surface area contributed by atoms with Gasteiger partial charge in [0.05, 0.1) is 23.2 Å². The molecule has 2 N–H and O–H groups in total. The van der Waals surface area contributed by atoms with E-state index in [2.05, 4.69) is 48.6 Å². The Morgan fingerprint density at radius 1 is 1.19 bits per heavy atom. The SMILES string of the molecule is CC1(C)CN(Cc2ccc3[nH]c(=O)[nH]c3c2)C(C)(C)CO1. The van der Waals surface area contributed by atoms with E-state index in [-0.39, 0.29) is 16.8 Å². The molecule has 0 atom stereocenters. The van der Waals surface area contributed by atoms with E-state index < -0.39 is 0 Å². The zero-order valence-corrected chi connectivity index (χ0v) is 13.1. The summed E-state index contributed by atoms with van der Waals surface area (Å²) < 4.78 is 5.93. The Hall–Kier alpha value is -1.59. The summed E-state index contributed by atoms with van der Waals surface area (Å²) in [5.41, 5.74) is 2.64. The van der Waals surface area contributed by atoms with Gasteiger partial charge in [0.2, 0.25) is 0 Å². The number of benzene rings is 1. The van der Waals surface area contributed by atoms with E-state index in [0.717, 1.165) is 30.7 Å². The molecule has 0 aliphatic carbocycles. The minimum absolute atomic E-state index is 0.00995. The Kier molecular flexibility index (Phi) is 3.22. The lowest BCUT2D eigenvalue weighted by atomic mass is 9.95. The van der Waals surface area contributed by atoms with E-state index in [1.165, 1.54) is 5.56 Å². The van der Waals surface area contributed by atoms with Gasteiger partial charge in [-0.15, -0.1) is 0 Å². The number of fused-ring (bicyclic) bond motifs is 1. The van der Waals surface area contributed by atoms with Gasteiger partial charge in [0.1, 0.15) is 0 Å². The van der Waals surface area contributed by atoms with E-state index in [9.17, 15) is 4.79 Å². The van der Waals surface area contributed by atoms with Gasteiger partial charge in [-0.05, 0) is 45.4 Å². The molecule has 0 radical (unpaired) electrons. The van der Waals surface area contributed by atoms with Crippen molar-refractivity contribution in [2.45, 2.75) is 45.4 Å². The maximum Gasteiger partial charge on any atom is 0.323 e. The van der Waals surface area contributed by atoms with Crippen molar-refractivity contribution in [3.05, 3.63) is 34.2 Å². The van der Waals surface area contributed by atoms with Crippen molar-refractivity contribution >= 4 is 11.0 Å². The molecule has 0 bridgehead atoms. The number of aromatic nitrogens is 2. The van der Waals surface area contributed by atoms with E-state index in [1.807, 2.05) is 12.1 Å². The molecular weight excluding hydrogens is 266 g/mol. The molecule has 5 nitrogen and oxygen atoms in total. The van der Waals surface area contributed by atoms with Gasteiger partial charge >= 0.3 is 5.69 Å². The van der Waals surface area contributed by atoms with Crippen LogP contribution in [0.4, 0.5) is 0 Å². The second kappa shape index (κ2) is 4.71. The lowest BCUT2D eigenvalue weighted by Gasteiger charge is -2.48. The number of hydrogen-bond acceptors (Lipinski definition) is 3. The number of nitrogens with zero attached hydrogens (tertiary/aromatic N) is 1. The van der Waals surface area contributed by atoms with Crippen LogP contribution in [0.3, 0.4) is 0 Å². The average molecular weight is 289 g/mol. The van der Waals surface area contributed by atoms with Gasteiger partial charge in [0.25, 0.3) is 0 Å². The summed E-state index contributed by atoms with van der Waals surface area (Å²) in [7, 11) is 0. The fraction of sp³-hybridized carbons (Fsp3) is 0.562. The highest BCUT2D eigenvalue weighted by molar-refractivity contribution is 5.74. The van der Waals surface area contributed by atoms with E-state index in [4.69, 9.17) is 4.74 Å². The van der Waals surface area contributed by atoms with Crippen molar-refractivity contribution in [1.29, 1.82) is 0 Å². The number of ether oxygens (including phenoxy) is 1. The summed E-state index contributed by atoms with van der Waals surface area (Å²) in [6.45, 7) is 11.1. The minimum Gasteiger partial charge on any atom is -0.372 e. The molecule has 1 aromatic heterocycles. The standard InChI is InChI=1S/C16H23N3O2/c1-15(2)10-21-16(3,4)9-19(15)8-11-5-6-12-13(7-11)18-14(20)17-12/h5-7H,8-10H2,1-4H3,(H2,17,18,20). The van der Waals surface area contributed by atoms with Crippen molar-refractivity contribution in [2.75, 3.05) is 13.2 Å². The highest BCUT2D eigenvalue weighted by Gasteiger charge is 2.38. The first-order valence-electron chi connectivity index (χ1n) is 7.35. The molecule has 3 rings (SSSR count). The Bertz CT molecular complexity index is 712. The van der Waals surface area contributed by atoms with Crippen molar-refractivity contribution in [2.24, 2.45) is 0 Å². The first-order chi connectivity index (χ1) is 9.75. The van der Waals surface area contributed by atoms with Gasteiger partial charge in [-0.25, -0.2) is 4.79 Å². The molecule has 5 heteroatoms. The number of aromatic amines is 2. The van der Waals surface area contributed by atoms with Crippen molar-refractivity contribution < 1.29 is 4.74 Å². The maximum absolute atomic E-state index is 11.3. The molecule has 1 aliphatic heterocycles. The molecule has 1 aromatic carbocycles. The lowest BCUT2D eigenvalue weighted by Crippen LogP contribution is -2.58. The van der Waals surface area contributed by atoms with E-state index in [1.54, 1.807) is 0 Å². The fourth-order valence-electron chi connectivity index (χ4n) is 2.85. The molecular formula is C16H23N3O2. The predicted molar refractivity (Wildman–Crippen MR) is 83.4 cm³/mol. The number of hydrogen-bond donors (Lipinski definition) is 2. The Labute approximate surface area is 124 Å². The zero-order chi connectivity index (χ0) is 15.3. The molecule has 0 spiro atoms. The summed E-state index contributed by atoms with van der Waals surface area (Å²) in [6, 6.07) is 6.08. The van der Waals surface area contributed by atoms with Crippen LogP contribution in [0.25, 0.3) is 11.0 Å². The summed E-state index contributed by atoms with van der Waals surface area (Å²) in [5.74, 6) is 0. The van der Waals surface area contributed by atoms with Crippen LogP contribution in [0, 0.1) is 0 Å². The Balaban J connectivity index is 1.87. The van der Waals surface area contributed by atoms with Crippen molar-refractivity contribution in [3.8, 4) is 0 Å². The van der Waals surface area contributed by atoms with E-state index in [0.29, 0.717) is 0 Å². The first kappa shape index (κ1) is 14.4. The number of imidazole rings is 1. The van der Waals surface area contributed by atoms with Gasteiger partial charge in [0.15, 0.2) is 0 Å². The van der Waals surface area contributed by atoms with E-state index >= 15 is 0 Å². The third-order valence-corrected chi connectivity index (χ3v) is 4.20. The molecule has 0 amide bonds. The van der Waals surface area contributed by atoms with Crippen LogP contribution in [-0.4, -0.2) is 39.2 Å². The predicted octanol–water partition coefficient (Wildman–Crippen LogP) is 2.25. The van der Waals surface area contributed by atoms with Crippen LogP contribution in [0.1, 0.15) is 33.3 Å². The normalized spacial score (nSPS) is 21.7. The second-order valence-corrected chi connectivity index (χ2v) is 7.18. The Morgan fingerprint density at radius 3 is 2.67 bits per heavy atom. The number of rotatable bonds is 2. The minimum atomic E-state index is -0.157. The number of morpholine rings is 1. The monoisotopic (exact) mass is 289 g/mol. The van der Waals surface area contributed by atoms with Gasteiger partial charge < -0.3 is 14.7 Å². The largest absolute Gasteiger partial charge is 0.372 e. The van der Waals surface area contributed by atoms with Gasteiger partial charge in [-0.3, -0.25) is 4.90 Å². The maximum atomic E-state index is 11.3. The highest BCUT2D eigenvalue weighted by Crippen LogP contribution is 2.29. The Morgan fingerprint density at radius 2 is 1.90 bits per heavy atom. The van der Waals surface area contributed by atoms with Gasteiger partial charge in [-0.2, -0.15) is 0 Å². The third-order valence-electron chi connectivity index (χ3n) is 4.20. The van der Waals surface area contributed by atoms with Crippen LogP contribution in [0.15, 0.2) is 23.0 Å². The highest BCUT2D eigenvalue weighted by atomic mass is 16.5. The molecule has 0 unspecified atom stereocenters. The molecule has 21 heavy (non-hydrogen) atoms. The van der Waals surface area contributed by atoms with Crippen molar-refractivity contribution in [1.82, 2.24) is 14.9 Å². The number of nitrogens with one attached hydrogen (secondary N) is 2. The molecule has 1 saturated heterocycles. The zero-order valence-electron chi connectivity index (χ0n) is 13.1. The molecule has 1 fully saturated rings. The number of H-pyrrole nitrogens is 2. The average Bonchev–Trinajstić information content (AvgIpc) is 2.74. The van der Waals surface area contributed by atoms with Gasteiger partial charge in [0, 0.05) is 18.6 Å². The quantitative estimate of drug-likeness (QED) is 0.891. The summed E-state index contributed by atoms with van der Waals surface area (Å²) in [5, 5.41) is 0. The van der Waals surface area contributed by atoms with Crippen LogP contribution in [-0.2, 0) is 11.3 Å². The summed E-state index contributed by atoms with van der Waals surface area (Å²) in [4.78, 5) is 19.4. The van der Waals surface area contributed by atoms with Gasteiger partial charge in [-0.1, -0.05) is 6.07 Å². The smallest absolute Gasteiger partial charge is 0.323 e. The summed E-state index contributed by atoms with van der Waals surface area (Å²) in [6.07, 6.45) is 0. The third kappa shape index (κ3) is 2.89. The van der Waals surface area contributed by atoms with Crippen LogP contribution < -0.4 is 5.69 Å². The molecule has 2 heterocycles. The molecule has 1 aliphatic rings. The van der Waals surface area contributed by atoms with Crippen LogP contribution >= 0.6 is 0 Å². The topological polar surface area (TPSA) is 61.1 Å². The van der Waals surface area contributed by atoms with Crippen LogP contribution in [0.2, 0.25) is 0 Å². The second-order valence-electron chi connectivity index (χ2n) is 7.18. The van der Waals surface area contributed by atoms with Crippen LogP contribution in [0.5, 0.6) is 0 Å². The first-order valence-corrected chi connectivity index (χ1v) is 7.35. The lowest BCUT2D eigenvalue weighted by molar-refractivity contribution is -0.146. The summed E-state index contributed by atoms with van der Waals surface area (Å²) >= 11 is 0. The molecule has 2 aromatic rings. The molecule has 114 valence electrons. The van der Waals surface area contributed by atoms with Crippen molar-refractivity contribution in [3.63, 3.8) is 0 Å². The fourth-order valence-corrected chi connectivity index (χ4v) is 2.85. The molecule has 0 saturated carbocycles.